The minimum absolute atomic E-state index is 0.133. The number of nitrogens with zero attached hydrogens (tertiary/aromatic N) is 2. The molecule has 0 bridgehead atoms. The minimum atomic E-state index is -1.33. The third-order valence-electron chi connectivity index (χ3n) is 4.61. The molecule has 0 saturated carbocycles. The Bertz CT molecular complexity index is 1020. The number of aromatic nitrogens is 2. The van der Waals surface area contributed by atoms with Gasteiger partial charge in [-0.3, -0.25) is 0 Å². The van der Waals surface area contributed by atoms with Gasteiger partial charge in [0.1, 0.15) is 23.2 Å². The third kappa shape index (κ3) is 3.86. The maximum atomic E-state index is 13.6. The van der Waals surface area contributed by atoms with Gasteiger partial charge in [-0.25, -0.2) is 19.2 Å². The molecule has 2 aromatic carbocycles. The Labute approximate surface area is 160 Å². The Hall–Kier alpha value is -3.26. The second-order valence-electron chi connectivity index (χ2n) is 6.58. The second kappa shape index (κ2) is 7.77. The highest BCUT2D eigenvalue weighted by Crippen LogP contribution is 2.27. The predicted octanol–water partition coefficient (Wildman–Crippen LogP) is 3.34. The van der Waals surface area contributed by atoms with Gasteiger partial charge in [-0.15, -0.1) is 0 Å². The zero-order chi connectivity index (χ0) is 19.5. The lowest BCUT2D eigenvalue weighted by Gasteiger charge is -2.24. The van der Waals surface area contributed by atoms with Gasteiger partial charge >= 0.3 is 5.97 Å². The molecule has 0 aliphatic carbocycles. The van der Waals surface area contributed by atoms with Gasteiger partial charge in [-0.1, -0.05) is 12.1 Å². The van der Waals surface area contributed by atoms with E-state index in [1.807, 2.05) is 18.2 Å². The molecule has 2 heterocycles. The van der Waals surface area contributed by atoms with Crippen LogP contribution in [0.1, 0.15) is 23.2 Å². The van der Waals surface area contributed by atoms with Crippen LogP contribution in [0.4, 0.5) is 16.0 Å². The van der Waals surface area contributed by atoms with Crippen LogP contribution in [0.5, 0.6) is 5.75 Å². The summed E-state index contributed by atoms with van der Waals surface area (Å²) < 4.78 is 19.7. The number of para-hydroxylation sites is 1. The van der Waals surface area contributed by atoms with Crippen molar-refractivity contribution in [2.24, 2.45) is 0 Å². The van der Waals surface area contributed by atoms with Crippen molar-refractivity contribution < 1.29 is 19.0 Å². The molecule has 4 rings (SSSR count). The summed E-state index contributed by atoms with van der Waals surface area (Å²) in [5, 5.41) is 16.1. The molecule has 8 heteroatoms. The summed E-state index contributed by atoms with van der Waals surface area (Å²) in [6.07, 6.45) is 3.66. The van der Waals surface area contributed by atoms with E-state index in [9.17, 15) is 9.18 Å². The third-order valence-corrected chi connectivity index (χ3v) is 4.61. The lowest BCUT2D eigenvalue weighted by molar-refractivity contribution is 0.0692. The van der Waals surface area contributed by atoms with Gasteiger partial charge in [0.25, 0.3) is 0 Å². The first-order chi connectivity index (χ1) is 13.6. The molecule has 0 radical (unpaired) electrons. The number of hydrogen-bond acceptors (Lipinski definition) is 6. The van der Waals surface area contributed by atoms with Crippen molar-refractivity contribution >= 4 is 28.5 Å². The van der Waals surface area contributed by atoms with Crippen molar-refractivity contribution in [3.8, 4) is 5.75 Å². The number of anilines is 2. The summed E-state index contributed by atoms with van der Waals surface area (Å²) in [6, 6.07) is 9.42. The first-order valence-corrected chi connectivity index (χ1v) is 9.03. The van der Waals surface area contributed by atoms with Crippen LogP contribution in [0.3, 0.4) is 0 Å². The van der Waals surface area contributed by atoms with Crippen molar-refractivity contribution in [2.45, 2.75) is 18.9 Å². The Morgan fingerprint density at radius 2 is 2.07 bits per heavy atom. The maximum absolute atomic E-state index is 13.6. The molecule has 7 nitrogen and oxygen atoms in total. The van der Waals surface area contributed by atoms with Crippen LogP contribution in [0.25, 0.3) is 10.9 Å². The summed E-state index contributed by atoms with van der Waals surface area (Å²) in [4.78, 5) is 19.9. The molecule has 1 saturated heterocycles. The van der Waals surface area contributed by atoms with Gasteiger partial charge in [-0.05, 0) is 50.2 Å². The number of halogens is 1. The Balaban J connectivity index is 1.62. The number of benzene rings is 2. The number of rotatable bonds is 5. The minimum Gasteiger partial charge on any atom is -0.488 e. The van der Waals surface area contributed by atoms with Crippen LogP contribution < -0.4 is 15.4 Å². The Morgan fingerprint density at radius 1 is 1.25 bits per heavy atom. The normalized spacial score (nSPS) is 14.8. The van der Waals surface area contributed by atoms with E-state index in [0.717, 1.165) is 37.4 Å². The molecule has 3 aromatic rings. The van der Waals surface area contributed by atoms with Gasteiger partial charge in [0, 0.05) is 17.3 Å². The average molecular weight is 382 g/mol. The SMILES string of the molecule is O=C(O)c1cc(Nc2ncc3cccc(OC4CCNCC4)c3n2)ccc1F. The largest absolute Gasteiger partial charge is 0.488 e. The molecular weight excluding hydrogens is 363 g/mol. The van der Waals surface area contributed by atoms with Crippen LogP contribution in [-0.4, -0.2) is 40.2 Å². The van der Waals surface area contributed by atoms with Crippen molar-refractivity contribution in [3.05, 3.63) is 54.0 Å². The molecule has 0 amide bonds. The number of piperidine rings is 1. The Morgan fingerprint density at radius 3 is 2.86 bits per heavy atom. The van der Waals surface area contributed by atoms with Gasteiger partial charge in [0.15, 0.2) is 0 Å². The van der Waals surface area contributed by atoms with Crippen molar-refractivity contribution in [3.63, 3.8) is 0 Å². The van der Waals surface area contributed by atoms with Crippen LogP contribution >= 0.6 is 0 Å². The van der Waals surface area contributed by atoms with E-state index in [0.29, 0.717) is 17.0 Å². The molecule has 0 unspecified atom stereocenters. The zero-order valence-electron chi connectivity index (χ0n) is 15.0. The van der Waals surface area contributed by atoms with Crippen molar-refractivity contribution in [2.75, 3.05) is 18.4 Å². The highest BCUT2D eigenvalue weighted by molar-refractivity contribution is 5.89. The first kappa shape index (κ1) is 18.1. The number of aromatic carboxylic acids is 1. The quantitative estimate of drug-likeness (QED) is 0.623. The van der Waals surface area contributed by atoms with Crippen molar-refractivity contribution in [1.82, 2.24) is 15.3 Å². The number of carbonyl (C=O) groups is 1. The molecule has 1 aromatic heterocycles. The number of carboxylic acids is 1. The first-order valence-electron chi connectivity index (χ1n) is 9.03. The molecular formula is C20H19FN4O3. The fraction of sp³-hybridized carbons (Fsp3) is 0.250. The number of fused-ring (bicyclic) bond motifs is 1. The summed E-state index contributed by atoms with van der Waals surface area (Å²) >= 11 is 0. The topological polar surface area (TPSA) is 96.4 Å². The number of hydrogen-bond donors (Lipinski definition) is 3. The highest BCUT2D eigenvalue weighted by atomic mass is 19.1. The smallest absolute Gasteiger partial charge is 0.338 e. The lowest BCUT2D eigenvalue weighted by Crippen LogP contribution is -2.34. The summed E-state index contributed by atoms with van der Waals surface area (Å²) in [5.41, 5.74) is 0.634. The average Bonchev–Trinajstić information content (AvgIpc) is 2.70. The molecule has 1 fully saturated rings. The lowest BCUT2D eigenvalue weighted by atomic mass is 10.1. The molecule has 1 aliphatic heterocycles. The van der Waals surface area contributed by atoms with Crippen LogP contribution in [0, 0.1) is 5.82 Å². The number of nitrogens with one attached hydrogen (secondary N) is 2. The molecule has 0 atom stereocenters. The monoisotopic (exact) mass is 382 g/mol. The fourth-order valence-electron chi connectivity index (χ4n) is 3.17. The molecule has 28 heavy (non-hydrogen) atoms. The van der Waals surface area contributed by atoms with Crippen molar-refractivity contribution in [1.29, 1.82) is 0 Å². The van der Waals surface area contributed by atoms with Crippen LogP contribution in [-0.2, 0) is 0 Å². The summed E-state index contributed by atoms with van der Waals surface area (Å²) in [7, 11) is 0. The number of carboxylic acid groups (broad SMARTS) is 1. The maximum Gasteiger partial charge on any atom is 0.338 e. The molecule has 1 aliphatic rings. The molecule has 144 valence electrons. The van der Waals surface area contributed by atoms with E-state index in [4.69, 9.17) is 9.84 Å². The zero-order valence-corrected chi connectivity index (χ0v) is 15.0. The van der Waals surface area contributed by atoms with Gasteiger partial charge in [0.05, 0.1) is 5.56 Å². The van der Waals surface area contributed by atoms with E-state index in [1.54, 1.807) is 6.20 Å². The Kier molecular flexibility index (Phi) is 5.03. The van der Waals surface area contributed by atoms with Gasteiger partial charge < -0.3 is 20.5 Å². The van der Waals surface area contributed by atoms with E-state index in [1.165, 1.54) is 12.1 Å². The van der Waals surface area contributed by atoms with E-state index < -0.39 is 17.3 Å². The molecule has 3 N–H and O–H groups in total. The summed E-state index contributed by atoms with van der Waals surface area (Å²) in [5.74, 6) is -1.18. The number of ether oxygens (including phenoxy) is 1. The van der Waals surface area contributed by atoms with E-state index >= 15 is 0 Å². The van der Waals surface area contributed by atoms with E-state index in [-0.39, 0.29) is 12.1 Å². The standard InChI is InChI=1S/C20H19FN4O3/c21-16-5-4-13(10-15(16)19(26)27)24-20-23-11-12-2-1-3-17(18(12)25-20)28-14-6-8-22-9-7-14/h1-5,10-11,14,22H,6-9H2,(H,26,27)(H,23,24,25). The van der Waals surface area contributed by atoms with E-state index in [2.05, 4.69) is 20.6 Å². The van der Waals surface area contributed by atoms with Gasteiger partial charge in [0.2, 0.25) is 5.95 Å². The summed E-state index contributed by atoms with van der Waals surface area (Å²) in [6.45, 7) is 1.85. The van der Waals surface area contributed by atoms with Crippen LogP contribution in [0.15, 0.2) is 42.6 Å². The van der Waals surface area contributed by atoms with Crippen LogP contribution in [0.2, 0.25) is 0 Å². The predicted molar refractivity (Wildman–Crippen MR) is 103 cm³/mol. The van der Waals surface area contributed by atoms with Gasteiger partial charge in [-0.2, -0.15) is 0 Å². The fourth-order valence-corrected chi connectivity index (χ4v) is 3.17. The molecule has 0 spiro atoms. The highest BCUT2D eigenvalue weighted by Gasteiger charge is 2.17. The second-order valence-corrected chi connectivity index (χ2v) is 6.58.